The van der Waals surface area contributed by atoms with Gasteiger partial charge in [0.1, 0.15) is 0 Å². The number of rotatable bonds is 3. The van der Waals surface area contributed by atoms with Crippen LogP contribution in [-0.4, -0.2) is 36.0 Å². The summed E-state index contributed by atoms with van der Waals surface area (Å²) in [5, 5.41) is 0. The number of amides is 1. The Morgan fingerprint density at radius 2 is 1.94 bits per heavy atom. The summed E-state index contributed by atoms with van der Waals surface area (Å²) in [6.07, 6.45) is -0.250. The summed E-state index contributed by atoms with van der Waals surface area (Å²) < 4.78 is 6.21. The second kappa shape index (κ2) is 4.96. The van der Waals surface area contributed by atoms with Crippen LogP contribution in [0.2, 0.25) is 14.8 Å². The Bertz CT molecular complexity index is 464. The molecule has 3 nitrogen and oxygen atoms in total. The number of benzene rings is 1. The maximum atomic E-state index is 11.9. The summed E-state index contributed by atoms with van der Waals surface area (Å²) in [6, 6.07) is 10.0. The van der Waals surface area contributed by atoms with Crippen molar-refractivity contribution in [3.05, 3.63) is 46.2 Å². The van der Waals surface area contributed by atoms with Crippen molar-refractivity contribution < 1.29 is 9.53 Å². The molecule has 4 heteroatoms. The van der Waals surface area contributed by atoms with E-state index < -0.39 is 18.4 Å². The molecule has 0 N–H and O–H groups in total. The third-order valence-corrected chi connectivity index (χ3v) is 8.84. The van der Waals surface area contributed by atoms with Gasteiger partial charge in [-0.3, -0.25) is 0 Å². The van der Waals surface area contributed by atoms with Gasteiger partial charge in [-0.25, -0.2) is 0 Å². The number of hydrogen-bond acceptors (Lipinski definition) is 2. The Labute approximate surface area is 112 Å². The summed E-state index contributed by atoms with van der Waals surface area (Å²) in [4.78, 5) is 20.5. The molecule has 1 aromatic rings. The monoisotopic (exact) mass is 353 g/mol. The van der Waals surface area contributed by atoms with Gasteiger partial charge in [0.25, 0.3) is 0 Å². The second-order valence-electron chi connectivity index (χ2n) is 5.57. The molecule has 0 aliphatic carbocycles. The zero-order valence-electron chi connectivity index (χ0n) is 11.1. The summed E-state index contributed by atoms with van der Waals surface area (Å²) in [5.74, 6) is 0. The van der Waals surface area contributed by atoms with Crippen LogP contribution in [0.1, 0.15) is 11.6 Å². The fraction of sp³-hybridized carbons (Fsp3) is 0.357. The number of hydrogen-bond donors (Lipinski definition) is 0. The first-order valence-electron chi connectivity index (χ1n) is 6.11. The van der Waals surface area contributed by atoms with E-state index in [-0.39, 0.29) is 12.1 Å². The van der Waals surface area contributed by atoms with E-state index in [1.165, 1.54) is 0 Å². The summed E-state index contributed by atoms with van der Waals surface area (Å²) >= 11 is -2.36. The minimum absolute atomic E-state index is 0.0119. The van der Waals surface area contributed by atoms with E-state index in [4.69, 9.17) is 4.74 Å². The maximum absolute atomic E-state index is 11.9. The molecule has 1 fully saturated rings. The SMILES string of the molecule is C=[C](N1C(=O)OC[C@H]1c1ccccc1)[Sn]([CH3])([CH3])[CH3]. The Morgan fingerprint density at radius 1 is 1.33 bits per heavy atom. The minimum atomic E-state index is -2.36. The van der Waals surface area contributed by atoms with Crippen molar-refractivity contribution in [3.63, 3.8) is 0 Å². The molecule has 2 rings (SSSR count). The number of carbonyl (C=O) groups is 1. The van der Waals surface area contributed by atoms with E-state index in [1.54, 1.807) is 4.90 Å². The molecule has 0 unspecified atom stereocenters. The van der Waals surface area contributed by atoms with Gasteiger partial charge in [0.2, 0.25) is 0 Å². The molecule has 0 saturated carbocycles. The van der Waals surface area contributed by atoms with Crippen molar-refractivity contribution in [1.29, 1.82) is 0 Å². The second-order valence-corrected chi connectivity index (χ2v) is 20.1. The summed E-state index contributed by atoms with van der Waals surface area (Å²) in [5.41, 5.74) is 1.11. The quantitative estimate of drug-likeness (QED) is 0.779. The Kier molecular flexibility index (Phi) is 3.71. The molecule has 1 aromatic carbocycles. The van der Waals surface area contributed by atoms with Crippen LogP contribution in [0.25, 0.3) is 0 Å². The summed E-state index contributed by atoms with van der Waals surface area (Å²) in [6.45, 7) is 4.57. The van der Waals surface area contributed by atoms with Crippen LogP contribution in [0.4, 0.5) is 4.79 Å². The first-order chi connectivity index (χ1) is 8.41. The Morgan fingerprint density at radius 3 is 2.50 bits per heavy atom. The molecule has 1 aliphatic rings. The van der Waals surface area contributed by atoms with Gasteiger partial charge in [0, 0.05) is 0 Å². The van der Waals surface area contributed by atoms with Crippen molar-refractivity contribution >= 4 is 24.5 Å². The average Bonchev–Trinajstić information content (AvgIpc) is 2.70. The van der Waals surface area contributed by atoms with E-state index >= 15 is 0 Å². The average molecular weight is 352 g/mol. The zero-order chi connectivity index (χ0) is 13.3. The number of ether oxygens (including phenoxy) is 1. The molecule has 1 aliphatic heterocycles. The van der Waals surface area contributed by atoms with Crippen molar-refractivity contribution in [3.8, 4) is 0 Å². The van der Waals surface area contributed by atoms with Gasteiger partial charge in [-0.05, 0) is 0 Å². The molecule has 18 heavy (non-hydrogen) atoms. The molecule has 0 spiro atoms. The van der Waals surface area contributed by atoms with Crippen LogP contribution in [-0.2, 0) is 4.74 Å². The van der Waals surface area contributed by atoms with Crippen LogP contribution < -0.4 is 0 Å². The van der Waals surface area contributed by atoms with Gasteiger partial charge in [-0.1, -0.05) is 0 Å². The third kappa shape index (κ3) is 2.55. The van der Waals surface area contributed by atoms with E-state index in [0.29, 0.717) is 6.61 Å². The fourth-order valence-electron chi connectivity index (χ4n) is 2.00. The first kappa shape index (κ1) is 13.5. The molecular weight excluding hydrogens is 333 g/mol. The van der Waals surface area contributed by atoms with Gasteiger partial charge in [0.05, 0.1) is 0 Å². The van der Waals surface area contributed by atoms with Crippen molar-refractivity contribution in [2.45, 2.75) is 20.9 Å². The van der Waals surface area contributed by atoms with Crippen LogP contribution in [0.15, 0.2) is 40.6 Å². The number of carbonyl (C=O) groups excluding carboxylic acids is 1. The van der Waals surface area contributed by atoms with E-state index in [1.807, 2.05) is 30.3 Å². The molecule has 1 atom stereocenters. The molecule has 0 radical (unpaired) electrons. The number of nitrogens with zero attached hydrogens (tertiary/aromatic N) is 1. The predicted molar refractivity (Wildman–Crippen MR) is 74.9 cm³/mol. The van der Waals surface area contributed by atoms with E-state index in [9.17, 15) is 4.79 Å². The van der Waals surface area contributed by atoms with Crippen LogP contribution in [0, 0.1) is 0 Å². The predicted octanol–water partition coefficient (Wildman–Crippen LogP) is 3.57. The number of cyclic esters (lactones) is 1. The van der Waals surface area contributed by atoms with Crippen LogP contribution >= 0.6 is 0 Å². The molecule has 1 saturated heterocycles. The molecule has 0 bridgehead atoms. The van der Waals surface area contributed by atoms with Gasteiger partial charge < -0.3 is 0 Å². The van der Waals surface area contributed by atoms with Gasteiger partial charge in [-0.2, -0.15) is 0 Å². The van der Waals surface area contributed by atoms with Gasteiger partial charge in [0.15, 0.2) is 0 Å². The van der Waals surface area contributed by atoms with Gasteiger partial charge >= 0.3 is 113 Å². The molecule has 1 heterocycles. The topological polar surface area (TPSA) is 29.5 Å². The molecular formula is C14H19NO2Sn. The molecule has 0 aromatic heterocycles. The van der Waals surface area contributed by atoms with Crippen molar-refractivity contribution in [2.24, 2.45) is 0 Å². The third-order valence-electron chi connectivity index (χ3n) is 3.21. The van der Waals surface area contributed by atoms with Crippen molar-refractivity contribution in [1.82, 2.24) is 4.90 Å². The van der Waals surface area contributed by atoms with E-state index in [2.05, 4.69) is 21.4 Å². The van der Waals surface area contributed by atoms with E-state index in [0.717, 1.165) is 9.28 Å². The Balaban J connectivity index is 2.32. The van der Waals surface area contributed by atoms with Crippen molar-refractivity contribution in [2.75, 3.05) is 6.61 Å². The first-order valence-corrected chi connectivity index (χ1v) is 16.1. The fourth-order valence-corrected chi connectivity index (χ4v) is 4.77. The Hall–Kier alpha value is -0.971. The molecule has 96 valence electrons. The normalized spacial score (nSPS) is 19.8. The standard InChI is InChI=1S/C11H10NO2.3CH3.Sn/c1-2-12-10(8-14-11(12)13)9-6-4-3-5-7-9;;;;/h3-7,10H,1,8H2;3*1H3;/t10-;;;;/m0..../s1. The van der Waals surface area contributed by atoms with Gasteiger partial charge in [-0.15, -0.1) is 0 Å². The summed E-state index contributed by atoms with van der Waals surface area (Å²) in [7, 11) is 0. The molecule has 1 amide bonds. The van der Waals surface area contributed by atoms with Crippen LogP contribution in [0.5, 0.6) is 0 Å². The van der Waals surface area contributed by atoms with Crippen LogP contribution in [0.3, 0.4) is 0 Å². The zero-order valence-corrected chi connectivity index (χ0v) is 14.0.